The van der Waals surface area contributed by atoms with Crippen LogP contribution in [0, 0.1) is 0 Å². The predicted octanol–water partition coefficient (Wildman–Crippen LogP) is 3.53. The quantitative estimate of drug-likeness (QED) is 0.595. The van der Waals surface area contributed by atoms with Crippen LogP contribution in [-0.4, -0.2) is 44.1 Å². The highest BCUT2D eigenvalue weighted by molar-refractivity contribution is 6.05. The van der Waals surface area contributed by atoms with Crippen LogP contribution in [0.3, 0.4) is 0 Å². The predicted molar refractivity (Wildman–Crippen MR) is 104 cm³/mol. The van der Waals surface area contributed by atoms with Crippen LogP contribution in [0.15, 0.2) is 54.9 Å². The third kappa shape index (κ3) is 2.83. The second kappa shape index (κ2) is 6.46. The van der Waals surface area contributed by atoms with Gasteiger partial charge in [-0.05, 0) is 36.4 Å². The zero-order valence-corrected chi connectivity index (χ0v) is 14.8. The van der Waals surface area contributed by atoms with E-state index in [1.165, 1.54) is 0 Å². The van der Waals surface area contributed by atoms with Crippen molar-refractivity contribution in [3.63, 3.8) is 0 Å². The minimum atomic E-state index is -0.000816. The van der Waals surface area contributed by atoms with Gasteiger partial charge in [-0.2, -0.15) is 5.10 Å². The molecule has 1 N–H and O–H groups in total. The van der Waals surface area contributed by atoms with Gasteiger partial charge >= 0.3 is 0 Å². The molecule has 1 saturated heterocycles. The number of carbonyl (C=O) groups is 1. The summed E-state index contributed by atoms with van der Waals surface area (Å²) < 4.78 is 0. The molecule has 0 bridgehead atoms. The van der Waals surface area contributed by atoms with Crippen molar-refractivity contribution in [3.8, 4) is 0 Å². The van der Waals surface area contributed by atoms with Crippen molar-refractivity contribution in [2.24, 2.45) is 0 Å². The summed E-state index contributed by atoms with van der Waals surface area (Å²) in [5, 5.41) is 9.91. The number of fused-ring (bicyclic) bond motifs is 2. The number of piperidine rings is 1. The van der Waals surface area contributed by atoms with E-state index in [0.29, 0.717) is 12.2 Å². The van der Waals surface area contributed by atoms with Gasteiger partial charge in [-0.15, -0.1) is 0 Å². The number of nitrogens with one attached hydrogen (secondary N) is 1. The molecule has 0 unspecified atom stereocenters. The van der Waals surface area contributed by atoms with E-state index in [1.807, 2.05) is 47.4 Å². The molecule has 1 atom stereocenters. The molecule has 27 heavy (non-hydrogen) atoms. The molecule has 3 aromatic heterocycles. The molecule has 134 valence electrons. The van der Waals surface area contributed by atoms with E-state index >= 15 is 0 Å². The molecular formula is C21H19N5O. The molecule has 1 amide bonds. The average Bonchev–Trinajstić information content (AvgIpc) is 3.21. The Hall–Kier alpha value is -3.28. The third-order valence-electron chi connectivity index (χ3n) is 5.33. The Balaban J connectivity index is 1.44. The Labute approximate surface area is 156 Å². The van der Waals surface area contributed by atoms with Gasteiger partial charge in [0.25, 0.3) is 5.91 Å². The zero-order chi connectivity index (χ0) is 18.2. The van der Waals surface area contributed by atoms with E-state index in [0.717, 1.165) is 46.9 Å². The van der Waals surface area contributed by atoms with Crippen LogP contribution < -0.4 is 0 Å². The number of pyridine rings is 2. The molecule has 6 nitrogen and oxygen atoms in total. The summed E-state index contributed by atoms with van der Waals surface area (Å²) in [5.41, 5.74) is 2.34. The number of likely N-dealkylation sites (tertiary alicyclic amines) is 1. The highest BCUT2D eigenvalue weighted by Gasteiger charge is 2.28. The number of aromatic amines is 1. The number of hydrogen-bond donors (Lipinski definition) is 1. The molecule has 1 aliphatic heterocycles. The van der Waals surface area contributed by atoms with Crippen molar-refractivity contribution in [1.29, 1.82) is 0 Å². The fraction of sp³-hybridized carbons (Fsp3) is 0.238. The first kappa shape index (κ1) is 15.9. The molecule has 0 spiro atoms. The zero-order valence-electron chi connectivity index (χ0n) is 14.8. The number of aromatic nitrogens is 4. The molecule has 0 aliphatic carbocycles. The molecule has 6 heteroatoms. The maximum Gasteiger partial charge on any atom is 0.273 e. The van der Waals surface area contributed by atoms with Crippen LogP contribution in [0.4, 0.5) is 0 Å². The highest BCUT2D eigenvalue weighted by Crippen LogP contribution is 2.28. The first-order chi connectivity index (χ1) is 13.3. The topological polar surface area (TPSA) is 74.8 Å². The number of rotatable bonds is 2. The summed E-state index contributed by atoms with van der Waals surface area (Å²) in [6.45, 7) is 1.42. The second-order valence-corrected chi connectivity index (χ2v) is 7.01. The van der Waals surface area contributed by atoms with E-state index in [2.05, 4.69) is 15.2 Å². The number of nitrogens with zero attached hydrogens (tertiary/aromatic N) is 4. The van der Waals surface area contributed by atoms with Gasteiger partial charge < -0.3 is 4.90 Å². The van der Waals surface area contributed by atoms with Crippen molar-refractivity contribution in [2.75, 3.05) is 13.1 Å². The van der Waals surface area contributed by atoms with E-state index < -0.39 is 0 Å². The Morgan fingerprint density at radius 1 is 1.11 bits per heavy atom. The number of H-pyrrole nitrogens is 1. The molecule has 0 radical (unpaired) electrons. The lowest BCUT2D eigenvalue weighted by atomic mass is 9.93. The second-order valence-electron chi connectivity index (χ2n) is 7.01. The van der Waals surface area contributed by atoms with E-state index in [9.17, 15) is 4.79 Å². The summed E-state index contributed by atoms with van der Waals surface area (Å²) in [6, 6.07) is 13.9. The fourth-order valence-corrected chi connectivity index (χ4v) is 3.91. The molecular weight excluding hydrogens is 338 g/mol. The smallest absolute Gasteiger partial charge is 0.273 e. The SMILES string of the molecule is O=C(c1nccc2ccccc12)N1CCC[C@H](c2ccc3cn[nH]c3n2)C1. The molecule has 1 aromatic carbocycles. The Bertz CT molecular complexity index is 1130. The maximum atomic E-state index is 13.2. The largest absolute Gasteiger partial charge is 0.337 e. The Morgan fingerprint density at radius 3 is 3.00 bits per heavy atom. The summed E-state index contributed by atoms with van der Waals surface area (Å²) >= 11 is 0. The first-order valence-corrected chi connectivity index (χ1v) is 9.22. The number of amides is 1. The normalized spacial score (nSPS) is 17.5. The summed E-state index contributed by atoms with van der Waals surface area (Å²) in [5.74, 6) is 0.226. The number of hydrogen-bond acceptors (Lipinski definition) is 4. The Kier molecular flexibility index (Phi) is 3.81. The van der Waals surface area contributed by atoms with E-state index in [1.54, 1.807) is 12.4 Å². The van der Waals surface area contributed by atoms with Crippen molar-refractivity contribution in [1.82, 2.24) is 25.1 Å². The van der Waals surface area contributed by atoms with Crippen molar-refractivity contribution >= 4 is 27.7 Å². The number of benzene rings is 1. The van der Waals surface area contributed by atoms with Crippen LogP contribution in [0.25, 0.3) is 21.8 Å². The van der Waals surface area contributed by atoms with E-state index in [-0.39, 0.29) is 11.8 Å². The van der Waals surface area contributed by atoms with Gasteiger partial charge in [0, 0.05) is 41.7 Å². The van der Waals surface area contributed by atoms with Gasteiger partial charge in [0.1, 0.15) is 5.69 Å². The van der Waals surface area contributed by atoms with Crippen molar-refractivity contribution in [3.05, 3.63) is 66.2 Å². The third-order valence-corrected chi connectivity index (χ3v) is 5.33. The average molecular weight is 357 g/mol. The molecule has 1 aliphatic rings. The van der Waals surface area contributed by atoms with E-state index in [4.69, 9.17) is 4.98 Å². The van der Waals surface area contributed by atoms with Crippen LogP contribution in [0.1, 0.15) is 34.9 Å². The lowest BCUT2D eigenvalue weighted by Gasteiger charge is -2.32. The van der Waals surface area contributed by atoms with Crippen LogP contribution in [0.2, 0.25) is 0 Å². The maximum absolute atomic E-state index is 13.2. The molecule has 4 heterocycles. The van der Waals surface area contributed by atoms with Crippen LogP contribution in [0.5, 0.6) is 0 Å². The van der Waals surface area contributed by atoms with Gasteiger partial charge in [0.2, 0.25) is 0 Å². The van der Waals surface area contributed by atoms with Crippen molar-refractivity contribution < 1.29 is 4.79 Å². The summed E-state index contributed by atoms with van der Waals surface area (Å²) in [4.78, 5) is 24.2. The monoisotopic (exact) mass is 357 g/mol. The van der Waals surface area contributed by atoms with Gasteiger partial charge in [0.15, 0.2) is 5.65 Å². The standard InChI is InChI=1S/C21H19N5O/c27-21(19-17-6-2-1-4-14(17)9-10-22-19)26-11-3-5-16(13-26)18-8-7-15-12-23-25-20(15)24-18/h1-2,4,6-10,12,16H,3,5,11,13H2,(H,23,24,25)/t16-/m0/s1. The minimum Gasteiger partial charge on any atom is -0.337 e. The number of carbonyl (C=O) groups excluding carboxylic acids is 1. The molecule has 0 saturated carbocycles. The summed E-state index contributed by atoms with van der Waals surface area (Å²) in [6.07, 6.45) is 5.48. The van der Waals surface area contributed by atoms with Gasteiger partial charge in [0.05, 0.1) is 6.20 Å². The van der Waals surface area contributed by atoms with Crippen LogP contribution in [-0.2, 0) is 0 Å². The lowest BCUT2D eigenvalue weighted by Crippen LogP contribution is -2.39. The van der Waals surface area contributed by atoms with Crippen LogP contribution >= 0.6 is 0 Å². The Morgan fingerprint density at radius 2 is 2.04 bits per heavy atom. The first-order valence-electron chi connectivity index (χ1n) is 9.22. The highest BCUT2D eigenvalue weighted by atomic mass is 16.2. The van der Waals surface area contributed by atoms with Crippen molar-refractivity contribution in [2.45, 2.75) is 18.8 Å². The summed E-state index contributed by atoms with van der Waals surface area (Å²) in [7, 11) is 0. The van der Waals surface area contributed by atoms with Gasteiger partial charge in [-0.1, -0.05) is 24.3 Å². The van der Waals surface area contributed by atoms with Gasteiger partial charge in [-0.3, -0.25) is 14.9 Å². The molecule has 5 rings (SSSR count). The fourth-order valence-electron chi connectivity index (χ4n) is 3.91. The molecule has 1 fully saturated rings. The minimum absolute atomic E-state index is 0.000816. The van der Waals surface area contributed by atoms with Gasteiger partial charge in [-0.25, -0.2) is 4.98 Å². The lowest BCUT2D eigenvalue weighted by molar-refractivity contribution is 0.0702. The molecule has 4 aromatic rings.